The van der Waals surface area contributed by atoms with Crippen LogP contribution >= 0.6 is 24.0 Å². The Morgan fingerprint density at radius 3 is 2.56 bits per heavy atom. The Morgan fingerprint density at radius 2 is 2.00 bits per heavy atom. The van der Waals surface area contributed by atoms with Crippen LogP contribution in [0.25, 0.3) is 0 Å². The van der Waals surface area contributed by atoms with Crippen molar-refractivity contribution >= 4 is 24.0 Å². The van der Waals surface area contributed by atoms with Crippen LogP contribution in [-0.2, 0) is 6.18 Å². The Balaban J connectivity index is 0.00000128. The average molecular weight is 274 g/mol. The second-order valence-corrected chi connectivity index (χ2v) is 3.69. The molecule has 1 atom stereocenters. The second kappa shape index (κ2) is 4.31. The highest BCUT2D eigenvalue weighted by molar-refractivity contribution is 6.31. The lowest BCUT2D eigenvalue weighted by molar-refractivity contribution is -0.137. The first-order valence-electron chi connectivity index (χ1n) is 4.18. The van der Waals surface area contributed by atoms with E-state index in [9.17, 15) is 13.2 Å². The lowest BCUT2D eigenvalue weighted by Gasteiger charge is -2.11. The number of hydrogen-bond acceptors (Lipinski definition) is 2. The molecule has 0 spiro atoms. The van der Waals surface area contributed by atoms with Gasteiger partial charge in [0.2, 0.25) is 0 Å². The molecule has 0 radical (unpaired) electrons. The van der Waals surface area contributed by atoms with E-state index in [2.05, 4.69) is 0 Å². The van der Waals surface area contributed by atoms with Crippen LogP contribution in [0.3, 0.4) is 0 Å². The van der Waals surface area contributed by atoms with Crippen LogP contribution in [0.2, 0.25) is 5.02 Å². The van der Waals surface area contributed by atoms with Gasteiger partial charge >= 0.3 is 6.18 Å². The number of halogens is 5. The zero-order valence-electron chi connectivity index (χ0n) is 7.84. The highest BCUT2D eigenvalue weighted by atomic mass is 35.5. The molecule has 1 aromatic carbocycles. The summed E-state index contributed by atoms with van der Waals surface area (Å²) >= 11 is 5.50. The Labute approximate surface area is 101 Å². The topological polar surface area (TPSA) is 35.2 Å². The predicted molar refractivity (Wildman–Crippen MR) is 56.1 cm³/mol. The summed E-state index contributed by atoms with van der Waals surface area (Å²) < 4.78 is 42.5. The van der Waals surface area contributed by atoms with E-state index < -0.39 is 17.8 Å². The van der Waals surface area contributed by atoms with Gasteiger partial charge in [0.25, 0.3) is 0 Å². The molecule has 0 aromatic heterocycles. The molecule has 90 valence electrons. The SMILES string of the molecule is Cl.NC1COc2cc(Cl)c(C(F)(F)F)cc21. The molecule has 0 saturated carbocycles. The number of rotatable bonds is 0. The molecular weight excluding hydrogens is 266 g/mol. The monoisotopic (exact) mass is 273 g/mol. The minimum Gasteiger partial charge on any atom is -0.491 e. The third kappa shape index (κ3) is 2.21. The van der Waals surface area contributed by atoms with Crippen molar-refractivity contribution in [2.24, 2.45) is 5.73 Å². The fourth-order valence-electron chi connectivity index (χ4n) is 1.47. The minimum absolute atomic E-state index is 0. The number of fused-ring (bicyclic) bond motifs is 1. The van der Waals surface area contributed by atoms with Crippen molar-refractivity contribution < 1.29 is 17.9 Å². The van der Waals surface area contributed by atoms with Gasteiger partial charge in [-0.25, -0.2) is 0 Å². The Morgan fingerprint density at radius 1 is 1.38 bits per heavy atom. The summed E-state index contributed by atoms with van der Waals surface area (Å²) in [5.74, 6) is 0.334. The van der Waals surface area contributed by atoms with Crippen LogP contribution in [-0.4, -0.2) is 6.61 Å². The van der Waals surface area contributed by atoms with Crippen LogP contribution in [0.1, 0.15) is 17.2 Å². The highest BCUT2D eigenvalue weighted by Crippen LogP contribution is 2.41. The van der Waals surface area contributed by atoms with Crippen molar-refractivity contribution in [3.8, 4) is 5.75 Å². The molecule has 1 aromatic rings. The van der Waals surface area contributed by atoms with E-state index in [0.717, 1.165) is 12.1 Å². The maximum Gasteiger partial charge on any atom is 0.417 e. The van der Waals surface area contributed by atoms with Gasteiger partial charge in [0, 0.05) is 5.56 Å². The Hall–Kier alpha value is -0.650. The molecule has 2 N–H and O–H groups in total. The fraction of sp³-hybridized carbons (Fsp3) is 0.333. The lowest BCUT2D eigenvalue weighted by atomic mass is 10.1. The molecule has 1 unspecified atom stereocenters. The first kappa shape index (κ1) is 13.4. The predicted octanol–water partition coefficient (Wildman–Crippen LogP) is 3.17. The molecule has 0 saturated heterocycles. The summed E-state index contributed by atoms with van der Waals surface area (Å²) in [5.41, 5.74) is 5.06. The van der Waals surface area contributed by atoms with Gasteiger partial charge in [0.1, 0.15) is 12.4 Å². The van der Waals surface area contributed by atoms with Crippen LogP contribution in [0.4, 0.5) is 13.2 Å². The number of alkyl halides is 3. The molecule has 1 heterocycles. The second-order valence-electron chi connectivity index (χ2n) is 3.29. The van der Waals surface area contributed by atoms with Gasteiger partial charge in [0.15, 0.2) is 0 Å². The van der Waals surface area contributed by atoms with Crippen LogP contribution in [0.15, 0.2) is 12.1 Å². The van der Waals surface area contributed by atoms with E-state index in [0.29, 0.717) is 11.3 Å². The number of ether oxygens (including phenoxy) is 1. The first-order valence-corrected chi connectivity index (χ1v) is 4.56. The average Bonchev–Trinajstić information content (AvgIpc) is 2.44. The zero-order chi connectivity index (χ0) is 11.2. The number of hydrogen-bond donors (Lipinski definition) is 1. The molecule has 1 aliphatic rings. The molecule has 0 bridgehead atoms. The molecule has 0 fully saturated rings. The number of nitrogens with two attached hydrogens (primary N) is 1. The Bertz CT molecular complexity index is 408. The van der Waals surface area contributed by atoms with Crippen molar-refractivity contribution in [2.45, 2.75) is 12.2 Å². The van der Waals surface area contributed by atoms with Crippen LogP contribution in [0, 0.1) is 0 Å². The van der Waals surface area contributed by atoms with Gasteiger partial charge in [-0.1, -0.05) is 11.6 Å². The number of benzene rings is 1. The van der Waals surface area contributed by atoms with E-state index in [1.165, 1.54) is 0 Å². The van der Waals surface area contributed by atoms with Gasteiger partial charge in [-0.15, -0.1) is 12.4 Å². The van der Waals surface area contributed by atoms with Gasteiger partial charge < -0.3 is 10.5 Å². The summed E-state index contributed by atoms with van der Waals surface area (Å²) in [4.78, 5) is 0. The van der Waals surface area contributed by atoms with Crippen molar-refractivity contribution in [1.29, 1.82) is 0 Å². The molecule has 16 heavy (non-hydrogen) atoms. The minimum atomic E-state index is -4.46. The summed E-state index contributed by atoms with van der Waals surface area (Å²) in [6.07, 6.45) is -4.46. The van der Waals surface area contributed by atoms with Crippen LogP contribution in [0.5, 0.6) is 5.75 Å². The van der Waals surface area contributed by atoms with E-state index in [-0.39, 0.29) is 24.0 Å². The molecular formula is C9H8Cl2F3NO. The van der Waals surface area contributed by atoms with Gasteiger partial charge in [-0.3, -0.25) is 0 Å². The Kier molecular flexibility index (Phi) is 3.62. The van der Waals surface area contributed by atoms with E-state index in [4.69, 9.17) is 22.1 Å². The zero-order valence-corrected chi connectivity index (χ0v) is 9.42. The molecule has 1 aliphatic heterocycles. The van der Waals surface area contributed by atoms with Crippen molar-refractivity contribution in [2.75, 3.05) is 6.61 Å². The van der Waals surface area contributed by atoms with Gasteiger partial charge in [-0.2, -0.15) is 13.2 Å². The van der Waals surface area contributed by atoms with E-state index in [1.54, 1.807) is 0 Å². The standard InChI is InChI=1S/C9H7ClF3NO.ClH/c10-6-2-8-4(7(14)3-15-8)1-5(6)9(11,12)13;/h1-2,7H,3,14H2;1H. The quantitative estimate of drug-likeness (QED) is 0.788. The van der Waals surface area contributed by atoms with Crippen LogP contribution < -0.4 is 10.5 Å². The van der Waals surface area contributed by atoms with Crippen molar-refractivity contribution in [3.63, 3.8) is 0 Å². The third-order valence-corrected chi connectivity index (χ3v) is 2.54. The molecule has 0 aliphatic carbocycles. The maximum atomic E-state index is 12.5. The van der Waals surface area contributed by atoms with E-state index in [1.807, 2.05) is 0 Å². The fourth-order valence-corrected chi connectivity index (χ4v) is 1.73. The summed E-state index contributed by atoms with van der Waals surface area (Å²) in [7, 11) is 0. The van der Waals surface area contributed by atoms with Gasteiger partial charge in [0.05, 0.1) is 16.6 Å². The van der Waals surface area contributed by atoms with Crippen molar-refractivity contribution in [1.82, 2.24) is 0 Å². The lowest BCUT2D eigenvalue weighted by Crippen LogP contribution is -2.12. The largest absolute Gasteiger partial charge is 0.491 e. The summed E-state index contributed by atoms with van der Waals surface area (Å²) in [6.45, 7) is 0.187. The van der Waals surface area contributed by atoms with E-state index >= 15 is 0 Å². The smallest absolute Gasteiger partial charge is 0.417 e. The highest BCUT2D eigenvalue weighted by Gasteiger charge is 2.36. The third-order valence-electron chi connectivity index (χ3n) is 2.22. The molecule has 0 amide bonds. The molecule has 2 nitrogen and oxygen atoms in total. The molecule has 7 heteroatoms. The molecule has 2 rings (SSSR count). The summed E-state index contributed by atoms with van der Waals surface area (Å²) in [5, 5.41) is -0.365. The van der Waals surface area contributed by atoms with Gasteiger partial charge in [-0.05, 0) is 12.1 Å². The first-order chi connectivity index (χ1) is 6.89. The summed E-state index contributed by atoms with van der Waals surface area (Å²) in [6, 6.07) is 1.60. The normalized spacial score (nSPS) is 18.7. The van der Waals surface area contributed by atoms with Crippen molar-refractivity contribution in [3.05, 3.63) is 28.3 Å². The maximum absolute atomic E-state index is 12.5.